The fourth-order valence-corrected chi connectivity index (χ4v) is 12.6. The number of hydrogen-bond donors (Lipinski definition) is 0. The Morgan fingerprint density at radius 3 is 1.36 bits per heavy atom. The van der Waals surface area contributed by atoms with Crippen molar-refractivity contribution in [2.24, 2.45) is 0 Å². The van der Waals surface area contributed by atoms with Gasteiger partial charge in [-0.25, -0.2) is 0 Å². The molecule has 1 aliphatic rings. The van der Waals surface area contributed by atoms with Crippen molar-refractivity contribution in [3.8, 4) is 0 Å². The predicted molar refractivity (Wildman–Crippen MR) is 153 cm³/mol. The molecule has 0 bridgehead atoms. The van der Waals surface area contributed by atoms with Gasteiger partial charge >= 0.3 is 0 Å². The van der Waals surface area contributed by atoms with Gasteiger partial charge in [0.15, 0.2) is 0 Å². The van der Waals surface area contributed by atoms with Crippen molar-refractivity contribution in [1.29, 1.82) is 0 Å². The molecule has 0 unspecified atom stereocenters. The molecule has 3 rings (SSSR count). The molecule has 177 valence electrons. The Morgan fingerprint density at radius 1 is 0.606 bits per heavy atom. The first-order valence-corrected chi connectivity index (χ1v) is 14.9. The average Bonchev–Trinajstić information content (AvgIpc) is 3.06. The minimum atomic E-state index is -0.508. The molecular weight excluding hydrogens is 434 g/mol. The van der Waals surface area contributed by atoms with E-state index in [4.69, 9.17) is 0 Å². The van der Waals surface area contributed by atoms with Gasteiger partial charge in [0.05, 0.1) is 0 Å². The molecule has 33 heavy (non-hydrogen) atoms. The molecule has 0 spiro atoms. The van der Waals surface area contributed by atoms with Crippen molar-refractivity contribution in [2.75, 3.05) is 0 Å². The van der Waals surface area contributed by atoms with Crippen LogP contribution in [0.15, 0.2) is 36.4 Å². The molecule has 2 aromatic rings. The molecule has 0 aliphatic heterocycles. The molecule has 1 saturated carbocycles. The maximum atomic E-state index is 2.55. The number of rotatable bonds is 5. The van der Waals surface area contributed by atoms with Crippen molar-refractivity contribution in [3.63, 3.8) is 0 Å². The SMILES string of the molecule is Cc1cc(C)cc(P(c2cc(C)cc(C)c2)[C@H](C)[C]2[CH][CH][C](P(C(C)(C)C)C(C)(C)C)[CH]2)c1. The van der Waals surface area contributed by atoms with Gasteiger partial charge in [-0.2, -0.15) is 0 Å². The summed E-state index contributed by atoms with van der Waals surface area (Å²) >= 11 is 0. The van der Waals surface area contributed by atoms with E-state index in [2.05, 4.69) is 132 Å². The van der Waals surface area contributed by atoms with E-state index in [9.17, 15) is 0 Å². The van der Waals surface area contributed by atoms with Crippen LogP contribution in [0.5, 0.6) is 0 Å². The van der Waals surface area contributed by atoms with E-state index in [1.54, 1.807) is 5.66 Å². The summed E-state index contributed by atoms with van der Waals surface area (Å²) in [6.07, 6.45) is 7.41. The third-order valence-electron chi connectivity index (χ3n) is 6.20. The highest BCUT2D eigenvalue weighted by atomic mass is 31.1. The average molecular weight is 478 g/mol. The highest BCUT2D eigenvalue weighted by Crippen LogP contribution is 2.70. The van der Waals surface area contributed by atoms with Gasteiger partial charge in [-0.3, -0.25) is 0 Å². The molecule has 0 aromatic heterocycles. The van der Waals surface area contributed by atoms with Crippen LogP contribution in [-0.2, 0) is 0 Å². The summed E-state index contributed by atoms with van der Waals surface area (Å²) in [5.74, 6) is 1.50. The molecule has 1 fully saturated rings. The van der Waals surface area contributed by atoms with Gasteiger partial charge in [0.25, 0.3) is 0 Å². The molecule has 0 heterocycles. The fraction of sp³-hybridized carbons (Fsp3) is 0.452. The van der Waals surface area contributed by atoms with Crippen molar-refractivity contribution < 1.29 is 0 Å². The second-order valence-electron chi connectivity index (χ2n) is 11.8. The molecule has 1 atom stereocenters. The summed E-state index contributed by atoms with van der Waals surface area (Å²) in [6, 6.07) is 14.3. The Morgan fingerprint density at radius 2 is 1.00 bits per heavy atom. The Labute approximate surface area is 207 Å². The first kappa shape index (κ1) is 26.9. The van der Waals surface area contributed by atoms with Crippen LogP contribution in [0.1, 0.15) is 70.7 Å². The van der Waals surface area contributed by atoms with Crippen molar-refractivity contribution in [1.82, 2.24) is 0 Å². The minimum Gasteiger partial charge on any atom is -0.0877 e. The molecule has 1 aliphatic carbocycles. The van der Waals surface area contributed by atoms with E-state index in [0.29, 0.717) is 5.66 Å². The van der Waals surface area contributed by atoms with Crippen LogP contribution < -0.4 is 10.6 Å². The van der Waals surface area contributed by atoms with Crippen LogP contribution >= 0.6 is 15.8 Å². The van der Waals surface area contributed by atoms with Crippen molar-refractivity contribution in [2.45, 2.75) is 92.1 Å². The normalized spacial score (nSPS) is 17.4. The molecule has 0 N–H and O–H groups in total. The van der Waals surface area contributed by atoms with E-state index < -0.39 is 7.92 Å². The van der Waals surface area contributed by atoms with Crippen molar-refractivity contribution in [3.05, 3.63) is 89.5 Å². The summed E-state index contributed by atoms with van der Waals surface area (Å²) < 4.78 is 0. The molecule has 0 amide bonds. The summed E-state index contributed by atoms with van der Waals surface area (Å²) in [6.45, 7) is 25.9. The Balaban J connectivity index is 1.98. The van der Waals surface area contributed by atoms with Gasteiger partial charge in [-0.15, -0.1) is 0 Å². The molecule has 2 aromatic carbocycles. The summed E-state index contributed by atoms with van der Waals surface area (Å²) in [7, 11) is -0.791. The molecule has 5 radical (unpaired) electrons. The lowest BCUT2D eigenvalue weighted by atomic mass is 10.1. The topological polar surface area (TPSA) is 0 Å². The number of benzene rings is 2. The van der Waals surface area contributed by atoms with Gasteiger partial charge in [0.2, 0.25) is 0 Å². The summed E-state index contributed by atoms with van der Waals surface area (Å²) in [4.78, 5) is 0. The van der Waals surface area contributed by atoms with Gasteiger partial charge in [-0.1, -0.05) is 115 Å². The second-order valence-corrected chi connectivity index (χ2v) is 18.2. The van der Waals surface area contributed by atoms with Gasteiger partial charge < -0.3 is 0 Å². The van der Waals surface area contributed by atoms with Crippen LogP contribution in [0.4, 0.5) is 0 Å². The van der Waals surface area contributed by atoms with E-state index in [1.807, 2.05) is 0 Å². The highest BCUT2D eigenvalue weighted by molar-refractivity contribution is 7.73. The zero-order valence-corrected chi connectivity index (χ0v) is 24.5. The maximum absolute atomic E-state index is 2.55. The van der Waals surface area contributed by atoms with Crippen LogP contribution in [0.3, 0.4) is 0 Å². The van der Waals surface area contributed by atoms with Gasteiger partial charge in [-0.05, 0) is 87.4 Å². The van der Waals surface area contributed by atoms with E-state index in [0.717, 1.165) is 0 Å². The largest absolute Gasteiger partial charge is 0.0877 e. The zero-order valence-electron chi connectivity index (χ0n) is 22.7. The third-order valence-corrected chi connectivity index (χ3v) is 12.4. The lowest BCUT2D eigenvalue weighted by Crippen LogP contribution is -2.28. The summed E-state index contributed by atoms with van der Waals surface area (Å²) in [5, 5.41) is 3.57. The number of hydrogen-bond acceptors (Lipinski definition) is 0. The van der Waals surface area contributed by atoms with Crippen LogP contribution in [0, 0.1) is 58.5 Å². The first-order valence-electron chi connectivity index (χ1n) is 12.2. The molecular formula is C31H43P2. The molecule has 0 nitrogen and oxygen atoms in total. The van der Waals surface area contributed by atoms with Gasteiger partial charge in [0.1, 0.15) is 0 Å². The lowest BCUT2D eigenvalue weighted by molar-refractivity contribution is 0.707. The second kappa shape index (κ2) is 10.1. The third kappa shape index (κ3) is 6.50. The number of aryl methyl sites for hydroxylation is 4. The van der Waals surface area contributed by atoms with E-state index >= 15 is 0 Å². The predicted octanol–water partition coefficient (Wildman–Crippen LogP) is 8.55. The molecule has 0 saturated heterocycles. The quantitative estimate of drug-likeness (QED) is 0.378. The summed E-state index contributed by atoms with van der Waals surface area (Å²) in [5.41, 5.74) is 7.47. The Hall–Kier alpha value is -0.700. The molecule has 2 heteroatoms. The smallest absolute Gasteiger partial charge is 0.00882 e. The Kier molecular flexibility index (Phi) is 8.24. The van der Waals surface area contributed by atoms with Gasteiger partial charge in [0, 0.05) is 5.66 Å². The van der Waals surface area contributed by atoms with E-state index in [-0.39, 0.29) is 18.2 Å². The standard InChI is InChI=1S/C31H43P2/c1-21-14-22(2)17-28(16-21)32(29-18-23(3)15-24(4)19-29)25(5)26-12-13-27(20-26)33(30(6,7)8)31(9,10)11/h12-20,25H,1-11H3/t25-/m1/s1. The monoisotopic (exact) mass is 477 g/mol. The van der Waals surface area contributed by atoms with Crippen LogP contribution in [-0.4, -0.2) is 16.0 Å². The highest BCUT2D eigenvalue weighted by Gasteiger charge is 2.45. The first-order chi connectivity index (χ1) is 15.2. The van der Waals surface area contributed by atoms with E-state index in [1.165, 1.54) is 38.8 Å². The Bertz CT molecular complexity index is 854. The lowest BCUT2D eigenvalue weighted by Gasteiger charge is -2.45. The zero-order chi connectivity index (χ0) is 24.7. The fourth-order valence-electron chi connectivity index (χ4n) is 5.55. The maximum Gasteiger partial charge on any atom is 0.00882 e. The minimum absolute atomic E-state index is 0.283. The van der Waals surface area contributed by atoms with Crippen molar-refractivity contribution >= 4 is 26.5 Å². The van der Waals surface area contributed by atoms with Crippen LogP contribution in [0.2, 0.25) is 0 Å². The van der Waals surface area contributed by atoms with Crippen LogP contribution in [0.25, 0.3) is 0 Å².